The zero-order valence-corrected chi connectivity index (χ0v) is 12.9. The van der Waals surface area contributed by atoms with E-state index in [4.69, 9.17) is 0 Å². The minimum absolute atomic E-state index is 0.182. The first-order chi connectivity index (χ1) is 11.1. The summed E-state index contributed by atoms with van der Waals surface area (Å²) in [5, 5.41) is 20.2. The van der Waals surface area contributed by atoms with E-state index in [0.717, 1.165) is 36.3 Å². The van der Waals surface area contributed by atoms with E-state index in [-0.39, 0.29) is 11.5 Å². The molecule has 5 heteroatoms. The van der Waals surface area contributed by atoms with Crippen LogP contribution in [0, 0.1) is 5.92 Å². The van der Waals surface area contributed by atoms with Gasteiger partial charge in [-0.1, -0.05) is 18.2 Å². The van der Waals surface area contributed by atoms with E-state index in [0.29, 0.717) is 18.2 Å². The fourth-order valence-corrected chi connectivity index (χ4v) is 3.79. The molecule has 2 aromatic rings. The number of benzene rings is 1. The summed E-state index contributed by atoms with van der Waals surface area (Å²) in [5.41, 5.74) is 1.84. The van der Waals surface area contributed by atoms with Gasteiger partial charge in [0.05, 0.1) is 23.1 Å². The maximum atomic E-state index is 12.2. The summed E-state index contributed by atoms with van der Waals surface area (Å²) in [6.45, 7) is 0.826. The lowest BCUT2D eigenvalue weighted by atomic mass is 9.84. The molecule has 2 aliphatic rings. The van der Waals surface area contributed by atoms with Crippen LogP contribution >= 0.6 is 0 Å². The van der Waals surface area contributed by atoms with Gasteiger partial charge in [-0.2, -0.15) is 4.98 Å². The summed E-state index contributed by atoms with van der Waals surface area (Å²) in [7, 11) is 0. The lowest BCUT2D eigenvalue weighted by Gasteiger charge is -2.28. The number of aryl methyl sites for hydroxylation is 1. The molecule has 1 saturated carbocycles. The Labute approximate surface area is 133 Å². The molecule has 2 heterocycles. The van der Waals surface area contributed by atoms with Gasteiger partial charge in [0.1, 0.15) is 5.82 Å². The van der Waals surface area contributed by atoms with Crippen molar-refractivity contribution in [2.45, 2.75) is 44.4 Å². The lowest BCUT2D eigenvalue weighted by molar-refractivity contribution is -0.0188. The highest BCUT2D eigenvalue weighted by Crippen LogP contribution is 2.33. The van der Waals surface area contributed by atoms with Crippen molar-refractivity contribution in [2.75, 3.05) is 0 Å². The van der Waals surface area contributed by atoms with E-state index in [1.165, 1.54) is 0 Å². The van der Waals surface area contributed by atoms with Crippen LogP contribution in [0.5, 0.6) is 0 Å². The minimum Gasteiger partial charge on any atom is -0.390 e. The Balaban J connectivity index is 1.73. The van der Waals surface area contributed by atoms with Crippen LogP contribution < -0.4 is 5.56 Å². The summed E-state index contributed by atoms with van der Waals surface area (Å²) < 4.78 is 2.11. The minimum atomic E-state index is -0.654. The SMILES string of the molecule is O=c1nc2n(c3ccccc13)CC/C2=C\C1CCC(O)C(O)C1. The molecule has 0 radical (unpaired) electrons. The van der Waals surface area contributed by atoms with Crippen molar-refractivity contribution < 1.29 is 10.2 Å². The van der Waals surface area contributed by atoms with Crippen LogP contribution in [0.15, 0.2) is 35.1 Å². The quantitative estimate of drug-likeness (QED) is 0.840. The van der Waals surface area contributed by atoms with Crippen molar-refractivity contribution in [1.82, 2.24) is 9.55 Å². The zero-order chi connectivity index (χ0) is 16.0. The molecular formula is C18H20N2O3. The third-order valence-corrected chi connectivity index (χ3v) is 5.04. The van der Waals surface area contributed by atoms with Gasteiger partial charge in [-0.25, -0.2) is 0 Å². The first kappa shape index (κ1) is 14.6. The molecule has 1 aromatic heterocycles. The van der Waals surface area contributed by atoms with Gasteiger partial charge in [-0.15, -0.1) is 0 Å². The first-order valence-electron chi connectivity index (χ1n) is 8.20. The summed E-state index contributed by atoms with van der Waals surface area (Å²) in [5.74, 6) is 0.993. The highest BCUT2D eigenvalue weighted by Gasteiger charge is 2.28. The normalized spacial score (nSPS) is 29.1. The highest BCUT2D eigenvalue weighted by molar-refractivity contribution is 5.81. The molecule has 1 aliphatic heterocycles. The Hall–Kier alpha value is -1.98. The second-order valence-electron chi connectivity index (χ2n) is 6.56. The molecule has 4 rings (SSSR count). The van der Waals surface area contributed by atoms with Crippen LogP contribution in [-0.2, 0) is 6.54 Å². The van der Waals surface area contributed by atoms with Crippen LogP contribution in [0.3, 0.4) is 0 Å². The van der Waals surface area contributed by atoms with Gasteiger partial charge >= 0.3 is 0 Å². The van der Waals surface area contributed by atoms with E-state index >= 15 is 0 Å². The van der Waals surface area contributed by atoms with Crippen LogP contribution in [0.1, 0.15) is 31.5 Å². The third kappa shape index (κ3) is 2.50. The van der Waals surface area contributed by atoms with E-state index in [1.54, 1.807) is 0 Å². The smallest absolute Gasteiger partial charge is 0.281 e. The summed E-state index contributed by atoms with van der Waals surface area (Å²) >= 11 is 0. The largest absolute Gasteiger partial charge is 0.390 e. The Kier molecular flexibility index (Phi) is 3.54. The molecule has 0 bridgehead atoms. The highest BCUT2D eigenvalue weighted by atomic mass is 16.3. The van der Waals surface area contributed by atoms with Gasteiger partial charge in [-0.05, 0) is 49.3 Å². The molecule has 23 heavy (non-hydrogen) atoms. The Bertz CT molecular complexity index is 840. The van der Waals surface area contributed by atoms with Gasteiger partial charge in [0.15, 0.2) is 0 Å². The number of para-hydroxylation sites is 1. The summed E-state index contributed by atoms with van der Waals surface area (Å²) in [6.07, 6.45) is 3.80. The molecule has 0 saturated heterocycles. The van der Waals surface area contributed by atoms with E-state index in [9.17, 15) is 15.0 Å². The number of hydrogen-bond acceptors (Lipinski definition) is 4. The number of rotatable bonds is 1. The van der Waals surface area contributed by atoms with Crippen LogP contribution in [0.25, 0.3) is 16.5 Å². The van der Waals surface area contributed by atoms with Gasteiger partial charge in [0, 0.05) is 6.54 Å². The molecule has 120 valence electrons. The summed E-state index contributed by atoms with van der Waals surface area (Å²) in [4.78, 5) is 16.5. The topological polar surface area (TPSA) is 75.4 Å². The standard InChI is InChI=1S/C18H20N2O3/c21-15-6-5-11(10-16(15)22)9-12-7-8-20-14-4-2-1-3-13(14)18(23)19-17(12)20/h1-4,9,11,15-16,21-22H,5-8,10H2/b12-9+. The number of fused-ring (bicyclic) bond motifs is 3. The van der Waals surface area contributed by atoms with Gasteiger partial charge < -0.3 is 14.8 Å². The average molecular weight is 312 g/mol. The second kappa shape index (κ2) is 5.58. The molecule has 1 aliphatic carbocycles. The van der Waals surface area contributed by atoms with Crippen LogP contribution in [0.2, 0.25) is 0 Å². The Morgan fingerprint density at radius 1 is 1.17 bits per heavy atom. The monoisotopic (exact) mass is 312 g/mol. The van der Waals surface area contributed by atoms with Crippen molar-refractivity contribution in [2.24, 2.45) is 5.92 Å². The fraction of sp³-hybridized carbons (Fsp3) is 0.444. The number of aliphatic hydroxyl groups excluding tert-OH is 2. The number of hydrogen-bond donors (Lipinski definition) is 2. The van der Waals surface area contributed by atoms with E-state index < -0.39 is 12.2 Å². The van der Waals surface area contributed by atoms with Crippen molar-refractivity contribution in [3.05, 3.63) is 46.5 Å². The fourth-order valence-electron chi connectivity index (χ4n) is 3.79. The van der Waals surface area contributed by atoms with Crippen molar-refractivity contribution >= 4 is 16.5 Å². The number of nitrogens with zero attached hydrogens (tertiary/aromatic N) is 2. The second-order valence-corrected chi connectivity index (χ2v) is 6.56. The number of allylic oxidation sites excluding steroid dienone is 2. The maximum absolute atomic E-state index is 12.2. The van der Waals surface area contributed by atoms with E-state index in [1.807, 2.05) is 24.3 Å². The van der Waals surface area contributed by atoms with Gasteiger partial charge in [0.2, 0.25) is 0 Å². The Morgan fingerprint density at radius 3 is 2.83 bits per heavy atom. The molecule has 2 N–H and O–H groups in total. The number of aliphatic hydroxyl groups is 2. The van der Waals surface area contributed by atoms with Crippen molar-refractivity contribution in [3.63, 3.8) is 0 Å². The predicted molar refractivity (Wildman–Crippen MR) is 88.0 cm³/mol. The van der Waals surface area contributed by atoms with Crippen molar-refractivity contribution in [1.29, 1.82) is 0 Å². The molecular weight excluding hydrogens is 292 g/mol. The third-order valence-electron chi connectivity index (χ3n) is 5.04. The molecule has 5 nitrogen and oxygen atoms in total. The molecule has 3 atom stereocenters. The predicted octanol–water partition coefficient (Wildman–Crippen LogP) is 1.71. The molecule has 0 amide bonds. The van der Waals surface area contributed by atoms with Crippen LogP contribution in [0.4, 0.5) is 0 Å². The van der Waals surface area contributed by atoms with Gasteiger partial charge in [-0.3, -0.25) is 4.79 Å². The van der Waals surface area contributed by atoms with Crippen LogP contribution in [-0.4, -0.2) is 32.0 Å². The Morgan fingerprint density at radius 2 is 2.00 bits per heavy atom. The van der Waals surface area contributed by atoms with Crippen molar-refractivity contribution in [3.8, 4) is 0 Å². The van der Waals surface area contributed by atoms with Gasteiger partial charge in [0.25, 0.3) is 5.56 Å². The molecule has 1 aromatic carbocycles. The number of aromatic nitrogens is 2. The average Bonchev–Trinajstić information content (AvgIpc) is 2.94. The lowest BCUT2D eigenvalue weighted by Crippen LogP contribution is -2.33. The summed E-state index contributed by atoms with van der Waals surface area (Å²) in [6, 6.07) is 7.58. The molecule has 3 unspecified atom stereocenters. The van der Waals surface area contributed by atoms with E-state index in [2.05, 4.69) is 15.6 Å². The maximum Gasteiger partial charge on any atom is 0.281 e. The molecule has 0 spiro atoms. The first-order valence-corrected chi connectivity index (χ1v) is 8.20. The molecule has 1 fully saturated rings. The zero-order valence-electron chi connectivity index (χ0n) is 12.9.